The number of unbranched alkanes of at least 4 members (excludes halogenated alkanes) is 7. The summed E-state index contributed by atoms with van der Waals surface area (Å²) in [7, 11) is 0. The normalized spacial score (nSPS) is 48.6. The van der Waals surface area contributed by atoms with Crippen LogP contribution in [0, 0.1) is 50.2 Å². The summed E-state index contributed by atoms with van der Waals surface area (Å²) in [6, 6.07) is -1.38. The van der Waals surface area contributed by atoms with Crippen molar-refractivity contribution in [2.45, 2.75) is 287 Å². The number of hydrogen-bond donors (Lipinski definition) is 13. The maximum atomic E-state index is 15.7. The molecule has 0 radical (unpaired) electrons. The Hall–Kier alpha value is -2.41. The van der Waals surface area contributed by atoms with Crippen molar-refractivity contribution in [3.05, 3.63) is 11.6 Å². The molecular formula is C63H103NO23. The summed E-state index contributed by atoms with van der Waals surface area (Å²) in [5.74, 6) is -1.80. The molecule has 4 saturated carbocycles. The van der Waals surface area contributed by atoms with Gasteiger partial charge < -0.3 is 109 Å². The van der Waals surface area contributed by atoms with Crippen molar-refractivity contribution in [2.75, 3.05) is 26.4 Å². The number of nitrogens with one attached hydrogen (secondary N) is 1. The van der Waals surface area contributed by atoms with Crippen molar-refractivity contribution in [1.29, 1.82) is 0 Å². The van der Waals surface area contributed by atoms with E-state index in [2.05, 4.69) is 46.0 Å². The Morgan fingerprint density at radius 2 is 1.28 bits per heavy atom. The first-order chi connectivity index (χ1) is 41.1. The molecule has 8 fully saturated rings. The van der Waals surface area contributed by atoms with E-state index in [0.717, 1.165) is 56.8 Å². The number of aliphatic hydroxyl groups is 12. The zero-order valence-electron chi connectivity index (χ0n) is 51.8. The van der Waals surface area contributed by atoms with Gasteiger partial charge in [0.1, 0.15) is 78.8 Å². The second-order valence-electron chi connectivity index (χ2n) is 29.0. The fourth-order valence-electron chi connectivity index (χ4n) is 17.7. The van der Waals surface area contributed by atoms with E-state index in [1.54, 1.807) is 0 Å². The van der Waals surface area contributed by atoms with Gasteiger partial charge in [-0.25, -0.2) is 0 Å². The van der Waals surface area contributed by atoms with Gasteiger partial charge in [0, 0.05) is 13.0 Å². The molecule has 0 aromatic carbocycles. The zero-order chi connectivity index (χ0) is 63.3. The summed E-state index contributed by atoms with van der Waals surface area (Å²) in [5.41, 5.74) is -2.95. The third-order valence-electron chi connectivity index (χ3n) is 23.3. The van der Waals surface area contributed by atoms with Crippen LogP contribution in [-0.4, -0.2) is 229 Å². The van der Waals surface area contributed by atoms with Crippen molar-refractivity contribution in [3.8, 4) is 0 Å². The Morgan fingerprint density at radius 3 is 1.94 bits per heavy atom. The van der Waals surface area contributed by atoms with Gasteiger partial charge >= 0.3 is 5.97 Å². The summed E-state index contributed by atoms with van der Waals surface area (Å²) >= 11 is 0. The molecule has 16 unspecified atom stereocenters. The van der Waals surface area contributed by atoms with E-state index in [1.807, 2.05) is 6.92 Å². The van der Waals surface area contributed by atoms with E-state index < -0.39 is 177 Å². The average molecular weight is 1240 g/mol. The largest absolute Gasteiger partial charge is 0.432 e. The highest BCUT2D eigenvalue weighted by Gasteiger charge is 2.72. The maximum Gasteiger partial charge on any atom is 0.317 e. The molecule has 9 aliphatic rings. The highest BCUT2D eigenvalue weighted by Crippen LogP contribution is 2.76. The summed E-state index contributed by atoms with van der Waals surface area (Å²) < 4.78 is 47.5. The van der Waals surface area contributed by atoms with Gasteiger partial charge in [-0.3, -0.25) is 9.59 Å². The number of fused-ring (bicyclic) bond motifs is 7. The van der Waals surface area contributed by atoms with Gasteiger partial charge in [0.05, 0.1) is 49.6 Å². The molecule has 9 rings (SSSR count). The smallest absolute Gasteiger partial charge is 0.317 e. The molecule has 28 atom stereocenters. The molecule has 498 valence electrons. The highest BCUT2D eigenvalue weighted by atomic mass is 16.8. The molecule has 0 aromatic heterocycles. The number of rotatable bonds is 22. The molecule has 13 N–H and O–H groups in total. The predicted octanol–water partition coefficient (Wildman–Crippen LogP) is 1.05. The molecule has 4 aliphatic heterocycles. The summed E-state index contributed by atoms with van der Waals surface area (Å²) in [4.78, 5) is 42.3. The maximum absolute atomic E-state index is 15.7. The van der Waals surface area contributed by atoms with Gasteiger partial charge in [-0.15, -0.1) is 0 Å². The Labute approximate surface area is 510 Å². The fourth-order valence-corrected chi connectivity index (χ4v) is 17.7. The van der Waals surface area contributed by atoms with Crippen LogP contribution in [0.4, 0.5) is 0 Å². The lowest BCUT2D eigenvalue weighted by molar-refractivity contribution is -0.370. The predicted molar refractivity (Wildman–Crippen MR) is 306 cm³/mol. The van der Waals surface area contributed by atoms with Crippen molar-refractivity contribution >= 4 is 18.2 Å². The molecule has 24 nitrogen and oxygen atoms in total. The van der Waals surface area contributed by atoms with Gasteiger partial charge in [-0.2, -0.15) is 0 Å². The third-order valence-corrected chi connectivity index (χ3v) is 23.3. The summed E-state index contributed by atoms with van der Waals surface area (Å²) in [5, 5.41) is 134. The van der Waals surface area contributed by atoms with E-state index >= 15 is 4.79 Å². The SMILES string of the molecule is CC1O[C@@H](OC2C(O)[C@@H](NC(=O)CCCCCCCCCCO[C@@H]3O[C@@H](CO)C(O)C3O)C(CO)O[C@H]2OC(=O)[C@]23CCC(C)(C)CC2C2=CCC4C5(C)CC[C@H](O)C(C)(C=O)[C@@H]5CCC4(C)C2(C)C[C@@H]3O)C(O)C(O)[C@H]1O[C@@H]1OC[C@@H](O)C(O)C1O. The molecule has 4 saturated heterocycles. The number of allylic oxidation sites excluding steroid dienone is 2. The van der Waals surface area contributed by atoms with E-state index in [0.29, 0.717) is 58.0 Å². The monoisotopic (exact) mass is 1240 g/mol. The fraction of sp³-hybridized carbons (Fsp3) is 0.921. The lowest BCUT2D eigenvalue weighted by atomic mass is 9.33. The van der Waals surface area contributed by atoms with E-state index in [-0.39, 0.29) is 47.3 Å². The first kappa shape index (κ1) is 68.9. The molecular weight excluding hydrogens is 1140 g/mol. The third kappa shape index (κ3) is 12.8. The number of carbonyl (C=O) groups is 3. The second kappa shape index (κ2) is 27.3. The minimum Gasteiger partial charge on any atom is -0.432 e. The van der Waals surface area contributed by atoms with Crippen LogP contribution in [0.25, 0.3) is 0 Å². The Balaban J connectivity index is 0.901. The van der Waals surface area contributed by atoms with Crippen LogP contribution in [-0.2, 0) is 52.3 Å². The van der Waals surface area contributed by atoms with Gasteiger partial charge in [-0.1, -0.05) is 91.7 Å². The molecule has 5 aliphatic carbocycles. The number of ether oxygens (including phenoxy) is 8. The van der Waals surface area contributed by atoms with Gasteiger partial charge in [0.25, 0.3) is 0 Å². The Kier molecular flexibility index (Phi) is 21.6. The molecule has 24 heteroatoms. The van der Waals surface area contributed by atoms with Crippen LogP contribution >= 0.6 is 0 Å². The van der Waals surface area contributed by atoms with E-state index in [1.165, 1.54) is 6.92 Å². The topological polar surface area (TPSA) is 380 Å². The van der Waals surface area contributed by atoms with E-state index in [9.17, 15) is 70.9 Å². The van der Waals surface area contributed by atoms with Crippen molar-refractivity contribution in [2.24, 2.45) is 50.2 Å². The van der Waals surface area contributed by atoms with Crippen LogP contribution < -0.4 is 5.32 Å². The first-order valence-corrected chi connectivity index (χ1v) is 32.3. The van der Waals surface area contributed by atoms with Crippen LogP contribution in [0.1, 0.15) is 164 Å². The first-order valence-electron chi connectivity index (χ1n) is 32.3. The molecule has 1 amide bonds. The molecule has 0 aromatic rings. The van der Waals surface area contributed by atoms with Gasteiger partial charge in [0.15, 0.2) is 25.0 Å². The Morgan fingerprint density at radius 1 is 0.644 bits per heavy atom. The summed E-state index contributed by atoms with van der Waals surface area (Å²) in [6.45, 7) is 13.1. The van der Waals surface area contributed by atoms with Crippen LogP contribution in [0.2, 0.25) is 0 Å². The van der Waals surface area contributed by atoms with E-state index in [4.69, 9.17) is 37.9 Å². The van der Waals surface area contributed by atoms with Gasteiger partial charge in [-0.05, 0) is 117 Å². The molecule has 0 bridgehead atoms. The quantitative estimate of drug-likeness (QED) is 0.0312. The lowest BCUT2D eigenvalue weighted by Crippen LogP contribution is -2.69. The second-order valence-corrected chi connectivity index (χ2v) is 29.0. The zero-order valence-corrected chi connectivity index (χ0v) is 51.8. The average Bonchev–Trinajstić information content (AvgIpc) is 0.957. The molecule has 4 heterocycles. The van der Waals surface area contributed by atoms with Gasteiger partial charge in [0.2, 0.25) is 12.2 Å². The van der Waals surface area contributed by atoms with Crippen molar-refractivity contribution < 1.29 is 114 Å². The number of esters is 1. The number of carbonyl (C=O) groups excluding carboxylic acids is 3. The minimum atomic E-state index is -1.96. The summed E-state index contributed by atoms with van der Waals surface area (Å²) in [6.07, 6.45) is -13.2. The minimum absolute atomic E-state index is 0.0439. The lowest BCUT2D eigenvalue weighted by Gasteiger charge is -2.71. The van der Waals surface area contributed by atoms with Crippen LogP contribution in [0.3, 0.4) is 0 Å². The Bertz CT molecular complexity index is 2390. The number of aldehydes is 1. The number of aliphatic hydroxyl groups excluding tert-OH is 12. The number of amides is 1. The van der Waals surface area contributed by atoms with Crippen molar-refractivity contribution in [3.63, 3.8) is 0 Å². The van der Waals surface area contributed by atoms with Crippen LogP contribution in [0.15, 0.2) is 11.6 Å². The standard InChI is InChI=1S/C63H103NO23/c1-32-51(85-54-48(76)44(72)35(68)30-81-54)47(75)50(78)55(82-32)86-52-46(74)43(64-42(71)16-14-12-10-8-9-11-13-15-25-80-53-49(77)45(73)37(29-66)84-53)36(28-65)83-56(52)87-57(79)63-24-23-58(2,3)26-34(63)33-17-18-39-59(4)21-20-40(69)60(5,31-67)38(59)19-22-61(39,6)62(33,7)27-41(63)70/h17,31-32,34-41,43-56,65-66,68-70,72-78H,8-16,18-30H2,1-7H3,(H,64,71)/t32?,34?,35-,36?,37+,38-,39?,40+,41+,43+,44?,45?,46?,47?,48?,49?,50?,51+,52?,53-,54+,55+,56+,59?,60?,61?,62?,63-/m1/s1. The number of hydrogen-bond acceptors (Lipinski definition) is 23. The van der Waals surface area contributed by atoms with Crippen molar-refractivity contribution in [1.82, 2.24) is 5.32 Å². The van der Waals surface area contributed by atoms with Crippen LogP contribution in [0.5, 0.6) is 0 Å². The molecule has 0 spiro atoms. The molecule has 87 heavy (non-hydrogen) atoms. The highest BCUT2D eigenvalue weighted by molar-refractivity contribution is 5.80.